The minimum atomic E-state index is 0.479. The minimum Gasteiger partial charge on any atom is -0.0846 e. The molecule has 1 aliphatic carbocycles. The van der Waals surface area contributed by atoms with Crippen LogP contribution in [0.25, 0.3) is 0 Å². The lowest BCUT2D eigenvalue weighted by atomic mass is 9.77. The Morgan fingerprint density at radius 2 is 1.89 bits per heavy atom. The quantitative estimate of drug-likeness (QED) is 0.256. The molecule has 2 heteroatoms. The molecular formula is C16H28I2. The number of allylic oxidation sites excluding steroid dienone is 2. The van der Waals surface area contributed by atoms with Crippen LogP contribution in [-0.4, -0.2) is 7.85 Å². The van der Waals surface area contributed by atoms with Gasteiger partial charge < -0.3 is 0 Å². The third kappa shape index (κ3) is 5.68. The molecule has 0 saturated carbocycles. The molecule has 0 aromatic carbocycles. The minimum absolute atomic E-state index is 0.479. The van der Waals surface area contributed by atoms with Crippen molar-refractivity contribution in [2.45, 2.75) is 61.7 Å². The van der Waals surface area contributed by atoms with E-state index in [-0.39, 0.29) is 0 Å². The van der Waals surface area contributed by atoms with Crippen molar-refractivity contribution in [1.82, 2.24) is 0 Å². The molecule has 0 nitrogen and oxygen atoms in total. The van der Waals surface area contributed by atoms with Gasteiger partial charge >= 0.3 is 0 Å². The van der Waals surface area contributed by atoms with Crippen LogP contribution in [0, 0.1) is 23.2 Å². The van der Waals surface area contributed by atoms with Crippen LogP contribution in [0.2, 0.25) is 0 Å². The predicted molar refractivity (Wildman–Crippen MR) is 99.9 cm³/mol. The zero-order valence-corrected chi connectivity index (χ0v) is 16.7. The fourth-order valence-corrected chi connectivity index (χ4v) is 4.72. The largest absolute Gasteiger partial charge is 0.0846 e. The van der Waals surface area contributed by atoms with E-state index in [4.69, 9.17) is 0 Å². The van der Waals surface area contributed by atoms with Gasteiger partial charge in [0.05, 0.1) is 0 Å². The van der Waals surface area contributed by atoms with Crippen molar-refractivity contribution in [3.8, 4) is 0 Å². The SMILES string of the molecule is CC1C=CC(I)C(C(C)C(I)CCC(C)(C)C)C1. The van der Waals surface area contributed by atoms with Crippen LogP contribution in [0.1, 0.15) is 53.9 Å². The molecule has 0 bridgehead atoms. The van der Waals surface area contributed by atoms with Crippen LogP contribution in [-0.2, 0) is 0 Å². The summed E-state index contributed by atoms with van der Waals surface area (Å²) in [5.41, 5.74) is 0.479. The highest BCUT2D eigenvalue weighted by atomic mass is 127. The highest BCUT2D eigenvalue weighted by Crippen LogP contribution is 2.39. The molecule has 0 aromatic heterocycles. The van der Waals surface area contributed by atoms with E-state index in [0.717, 1.165) is 25.6 Å². The van der Waals surface area contributed by atoms with Gasteiger partial charge in [-0.05, 0) is 42.4 Å². The molecule has 0 saturated heterocycles. The van der Waals surface area contributed by atoms with Crippen LogP contribution >= 0.6 is 45.2 Å². The van der Waals surface area contributed by atoms with E-state index in [1.54, 1.807) is 0 Å². The molecule has 0 aliphatic heterocycles. The number of alkyl halides is 2. The normalized spacial score (nSPS) is 32.3. The van der Waals surface area contributed by atoms with Crippen molar-refractivity contribution in [3.63, 3.8) is 0 Å². The number of halogens is 2. The second-order valence-electron chi connectivity index (χ2n) is 7.18. The van der Waals surface area contributed by atoms with E-state index >= 15 is 0 Å². The molecule has 18 heavy (non-hydrogen) atoms. The van der Waals surface area contributed by atoms with E-state index in [1.165, 1.54) is 19.3 Å². The summed E-state index contributed by atoms with van der Waals surface area (Å²) in [4.78, 5) is 0. The summed E-state index contributed by atoms with van der Waals surface area (Å²) in [5.74, 6) is 2.48. The lowest BCUT2D eigenvalue weighted by Gasteiger charge is -2.35. The van der Waals surface area contributed by atoms with Gasteiger partial charge in [0.15, 0.2) is 0 Å². The van der Waals surface area contributed by atoms with Crippen molar-refractivity contribution in [3.05, 3.63) is 12.2 Å². The summed E-state index contributed by atoms with van der Waals surface area (Å²) >= 11 is 5.33. The third-order valence-electron chi connectivity index (χ3n) is 4.09. The van der Waals surface area contributed by atoms with Crippen LogP contribution in [0.3, 0.4) is 0 Å². The highest BCUT2D eigenvalue weighted by Gasteiger charge is 2.31. The standard InChI is InChI=1S/C16H28I2/c1-11-6-7-15(18)13(10-11)12(2)14(17)8-9-16(3,4)5/h6-7,11-15H,8-10H2,1-5H3. The van der Waals surface area contributed by atoms with Gasteiger partial charge in [0.1, 0.15) is 0 Å². The Labute approximate surface area is 141 Å². The first-order valence-corrected chi connectivity index (χ1v) is 9.66. The average molecular weight is 474 g/mol. The van der Waals surface area contributed by atoms with Gasteiger partial charge in [-0.2, -0.15) is 0 Å². The molecule has 0 aromatic rings. The first kappa shape index (κ1) is 17.3. The molecule has 5 atom stereocenters. The van der Waals surface area contributed by atoms with Crippen LogP contribution < -0.4 is 0 Å². The van der Waals surface area contributed by atoms with Crippen molar-refractivity contribution >= 4 is 45.2 Å². The Balaban J connectivity index is 2.52. The first-order valence-electron chi connectivity index (χ1n) is 7.17. The van der Waals surface area contributed by atoms with Crippen molar-refractivity contribution < 1.29 is 0 Å². The van der Waals surface area contributed by atoms with Crippen LogP contribution in [0.4, 0.5) is 0 Å². The molecular weight excluding hydrogens is 446 g/mol. The fraction of sp³-hybridized carbons (Fsp3) is 0.875. The lowest BCUT2D eigenvalue weighted by Crippen LogP contribution is -2.31. The lowest BCUT2D eigenvalue weighted by molar-refractivity contribution is 0.285. The Bertz CT molecular complexity index is 277. The summed E-state index contributed by atoms with van der Waals surface area (Å²) in [7, 11) is 0. The van der Waals surface area contributed by atoms with E-state index < -0.39 is 0 Å². The van der Waals surface area contributed by atoms with Crippen molar-refractivity contribution in [2.24, 2.45) is 23.2 Å². The second-order valence-corrected chi connectivity index (χ2v) is 10.2. The molecule has 5 unspecified atom stereocenters. The molecule has 1 aliphatic rings. The smallest absolute Gasteiger partial charge is 0.0320 e. The van der Waals surface area contributed by atoms with Gasteiger partial charge in [-0.15, -0.1) is 0 Å². The molecule has 0 spiro atoms. The number of hydrogen-bond acceptors (Lipinski definition) is 0. The zero-order chi connectivity index (χ0) is 13.9. The van der Waals surface area contributed by atoms with E-state index in [2.05, 4.69) is 92.0 Å². The first-order chi connectivity index (χ1) is 8.20. The predicted octanol–water partition coefficient (Wildman–Crippen LogP) is 6.27. The van der Waals surface area contributed by atoms with Gasteiger partial charge in [0, 0.05) is 7.85 Å². The maximum atomic E-state index is 2.70. The summed E-state index contributed by atoms with van der Waals surface area (Å²) in [6.45, 7) is 11.9. The third-order valence-corrected chi connectivity index (χ3v) is 7.19. The second kappa shape index (κ2) is 7.28. The van der Waals surface area contributed by atoms with Crippen LogP contribution in [0.15, 0.2) is 12.2 Å². The number of hydrogen-bond donors (Lipinski definition) is 0. The van der Waals surface area contributed by atoms with Gasteiger partial charge in [0.25, 0.3) is 0 Å². The summed E-state index contributed by atoms with van der Waals surface area (Å²) in [5, 5.41) is 0. The monoisotopic (exact) mass is 474 g/mol. The summed E-state index contributed by atoms with van der Waals surface area (Å²) in [6.07, 6.45) is 8.92. The topological polar surface area (TPSA) is 0 Å². The molecule has 0 heterocycles. The maximum absolute atomic E-state index is 2.70. The molecule has 0 fully saturated rings. The van der Waals surface area contributed by atoms with Gasteiger partial charge in [-0.3, -0.25) is 0 Å². The summed E-state index contributed by atoms with van der Waals surface area (Å²) < 4.78 is 1.56. The van der Waals surface area contributed by atoms with E-state index in [9.17, 15) is 0 Å². The van der Waals surface area contributed by atoms with Crippen molar-refractivity contribution in [1.29, 1.82) is 0 Å². The van der Waals surface area contributed by atoms with E-state index in [1.807, 2.05) is 0 Å². The highest BCUT2D eigenvalue weighted by molar-refractivity contribution is 14.1. The Morgan fingerprint density at radius 3 is 2.44 bits per heavy atom. The Hall–Kier alpha value is 1.20. The fourth-order valence-electron chi connectivity index (χ4n) is 2.68. The molecule has 0 N–H and O–H groups in total. The molecule has 0 amide bonds. The van der Waals surface area contributed by atoms with Crippen LogP contribution in [0.5, 0.6) is 0 Å². The molecule has 106 valence electrons. The summed E-state index contributed by atoms with van der Waals surface area (Å²) in [6, 6.07) is 0. The number of rotatable bonds is 4. The maximum Gasteiger partial charge on any atom is 0.0320 e. The van der Waals surface area contributed by atoms with Gasteiger partial charge in [-0.25, -0.2) is 0 Å². The van der Waals surface area contributed by atoms with Crippen molar-refractivity contribution in [2.75, 3.05) is 0 Å². The molecule has 0 radical (unpaired) electrons. The Morgan fingerprint density at radius 1 is 1.28 bits per heavy atom. The average Bonchev–Trinajstić information content (AvgIpc) is 2.27. The molecule has 1 rings (SSSR count). The Kier molecular flexibility index (Phi) is 6.98. The van der Waals surface area contributed by atoms with E-state index in [0.29, 0.717) is 5.41 Å². The zero-order valence-electron chi connectivity index (χ0n) is 12.4. The van der Waals surface area contributed by atoms with Gasteiger partial charge in [-0.1, -0.05) is 92.0 Å². The van der Waals surface area contributed by atoms with Gasteiger partial charge in [0.2, 0.25) is 0 Å².